The second-order valence-corrected chi connectivity index (χ2v) is 12.4. The normalized spacial score (nSPS) is 21.6. The molecule has 1 saturated carbocycles. The number of aromatic nitrogens is 5. The molecule has 11 heteroatoms. The number of nitrogens with zero attached hydrogens (tertiary/aromatic N) is 7. The summed E-state index contributed by atoms with van der Waals surface area (Å²) in [6, 6.07) is 10.4. The van der Waals surface area contributed by atoms with E-state index >= 15 is 0 Å². The van der Waals surface area contributed by atoms with Crippen LogP contribution in [-0.4, -0.2) is 82.5 Å². The maximum absolute atomic E-state index is 13.7. The highest BCUT2D eigenvalue weighted by molar-refractivity contribution is 5.87. The topological polar surface area (TPSA) is 111 Å². The van der Waals surface area contributed by atoms with Gasteiger partial charge in [0.15, 0.2) is 17.1 Å². The lowest BCUT2D eigenvalue weighted by molar-refractivity contribution is -0.137. The van der Waals surface area contributed by atoms with Gasteiger partial charge in [-0.15, -0.1) is 0 Å². The molecule has 11 nitrogen and oxygen atoms in total. The zero-order chi connectivity index (χ0) is 31.0. The molecule has 4 aromatic rings. The van der Waals surface area contributed by atoms with Crippen LogP contribution in [0.1, 0.15) is 55.1 Å². The molecule has 0 radical (unpaired) electrons. The summed E-state index contributed by atoms with van der Waals surface area (Å²) in [5.41, 5.74) is 5.34. The molecule has 45 heavy (non-hydrogen) atoms. The van der Waals surface area contributed by atoms with Crippen LogP contribution in [0.5, 0.6) is 11.5 Å². The Bertz CT molecular complexity index is 1690. The number of benzene rings is 1. The Morgan fingerprint density at radius 3 is 2.53 bits per heavy atom. The van der Waals surface area contributed by atoms with Crippen LogP contribution in [0.25, 0.3) is 11.0 Å². The maximum atomic E-state index is 13.7. The van der Waals surface area contributed by atoms with Crippen molar-refractivity contribution in [3.63, 3.8) is 0 Å². The summed E-state index contributed by atoms with van der Waals surface area (Å²) in [6.45, 7) is 6.43. The van der Waals surface area contributed by atoms with E-state index in [9.17, 15) is 4.79 Å². The van der Waals surface area contributed by atoms with Crippen LogP contribution in [0.15, 0.2) is 42.9 Å². The SMILES string of the molecule is CCc1cccc(Cn2ncc3c(N4CCN(C(=O)[C@H]5CC[C@]6(CC5)NCCc5cc(OC)c(OC)cc56)CC4)ncnc32)n1. The van der Waals surface area contributed by atoms with Crippen molar-refractivity contribution < 1.29 is 14.3 Å². The molecule has 0 atom stereocenters. The Morgan fingerprint density at radius 2 is 1.78 bits per heavy atom. The molecular weight excluding hydrogens is 568 g/mol. The number of ether oxygens (including phenoxy) is 2. The van der Waals surface area contributed by atoms with Gasteiger partial charge in [-0.2, -0.15) is 5.10 Å². The number of fused-ring (bicyclic) bond motifs is 3. The minimum atomic E-state index is -0.111. The first kappa shape index (κ1) is 29.5. The highest BCUT2D eigenvalue weighted by Crippen LogP contribution is 2.46. The van der Waals surface area contributed by atoms with Gasteiger partial charge in [0.1, 0.15) is 12.1 Å². The number of pyridine rings is 1. The van der Waals surface area contributed by atoms with Gasteiger partial charge in [0, 0.05) is 49.9 Å². The van der Waals surface area contributed by atoms with E-state index in [0.717, 1.165) is 97.9 Å². The molecule has 236 valence electrons. The fourth-order valence-corrected chi connectivity index (χ4v) is 7.52. The van der Waals surface area contributed by atoms with E-state index in [1.54, 1.807) is 20.5 Å². The van der Waals surface area contributed by atoms with Crippen LogP contribution >= 0.6 is 0 Å². The number of anilines is 1. The molecule has 1 amide bonds. The molecule has 1 aromatic carbocycles. The van der Waals surface area contributed by atoms with E-state index in [0.29, 0.717) is 19.6 Å². The highest BCUT2D eigenvalue weighted by atomic mass is 16.5. The van der Waals surface area contributed by atoms with Gasteiger partial charge in [0.2, 0.25) is 5.91 Å². The van der Waals surface area contributed by atoms with Crippen LogP contribution < -0.4 is 19.7 Å². The number of piperazine rings is 1. The number of carbonyl (C=O) groups is 1. The number of aryl methyl sites for hydroxylation is 1. The van der Waals surface area contributed by atoms with Gasteiger partial charge in [-0.25, -0.2) is 14.6 Å². The van der Waals surface area contributed by atoms with E-state index in [1.807, 2.05) is 29.1 Å². The van der Waals surface area contributed by atoms with Crippen molar-refractivity contribution in [2.75, 3.05) is 51.8 Å². The van der Waals surface area contributed by atoms with Gasteiger partial charge in [-0.3, -0.25) is 9.78 Å². The zero-order valence-electron chi connectivity index (χ0n) is 26.5. The quantitative estimate of drug-likeness (QED) is 0.335. The molecule has 1 saturated heterocycles. The summed E-state index contributed by atoms with van der Waals surface area (Å²) >= 11 is 0. The Morgan fingerprint density at radius 1 is 1.02 bits per heavy atom. The fraction of sp³-hybridized carbons (Fsp3) is 0.500. The largest absolute Gasteiger partial charge is 0.493 e. The molecule has 3 aliphatic rings. The summed E-state index contributed by atoms with van der Waals surface area (Å²) in [5, 5.41) is 9.39. The van der Waals surface area contributed by atoms with Crippen LogP contribution in [0.2, 0.25) is 0 Å². The number of hydrogen-bond acceptors (Lipinski definition) is 9. The van der Waals surface area contributed by atoms with Crippen molar-refractivity contribution in [2.24, 2.45) is 5.92 Å². The number of amides is 1. The van der Waals surface area contributed by atoms with Gasteiger partial charge in [0.25, 0.3) is 0 Å². The van der Waals surface area contributed by atoms with Crippen molar-refractivity contribution >= 4 is 22.8 Å². The second-order valence-electron chi connectivity index (χ2n) is 12.4. The Balaban J connectivity index is 0.992. The van der Waals surface area contributed by atoms with E-state index in [2.05, 4.69) is 49.2 Å². The molecule has 7 rings (SSSR count). The third-order valence-electron chi connectivity index (χ3n) is 10.0. The third kappa shape index (κ3) is 5.47. The Hall–Kier alpha value is -4.25. The summed E-state index contributed by atoms with van der Waals surface area (Å²) in [5.74, 6) is 2.77. The number of nitrogens with one attached hydrogen (secondary N) is 1. The van der Waals surface area contributed by atoms with Gasteiger partial charge in [0.05, 0.1) is 38.0 Å². The molecule has 1 N–H and O–H groups in total. The Kier molecular flexibility index (Phi) is 8.03. The van der Waals surface area contributed by atoms with Crippen molar-refractivity contribution in [1.29, 1.82) is 0 Å². The minimum absolute atomic E-state index is 0.0540. The van der Waals surface area contributed by atoms with E-state index in [4.69, 9.17) is 14.5 Å². The van der Waals surface area contributed by atoms with Gasteiger partial charge in [-0.05, 0) is 73.9 Å². The Labute approximate surface area is 264 Å². The number of carbonyl (C=O) groups excluding carboxylic acids is 1. The van der Waals surface area contributed by atoms with Gasteiger partial charge in [-0.1, -0.05) is 13.0 Å². The molecule has 2 fully saturated rings. The number of hydrogen-bond donors (Lipinski definition) is 1. The lowest BCUT2D eigenvalue weighted by Crippen LogP contribution is -2.53. The smallest absolute Gasteiger partial charge is 0.225 e. The highest BCUT2D eigenvalue weighted by Gasteiger charge is 2.43. The molecule has 1 aliphatic carbocycles. The molecule has 0 unspecified atom stereocenters. The van der Waals surface area contributed by atoms with Crippen LogP contribution in [-0.2, 0) is 29.7 Å². The molecular formula is C34H42N8O3. The van der Waals surface area contributed by atoms with E-state index in [1.165, 1.54) is 11.1 Å². The predicted octanol–water partition coefficient (Wildman–Crippen LogP) is 3.73. The summed E-state index contributed by atoms with van der Waals surface area (Å²) in [4.78, 5) is 32.0. The molecule has 3 aromatic heterocycles. The first-order valence-electron chi connectivity index (χ1n) is 16.2. The maximum Gasteiger partial charge on any atom is 0.225 e. The molecule has 1 spiro atoms. The van der Waals surface area contributed by atoms with Crippen LogP contribution in [0.3, 0.4) is 0 Å². The standard InChI is InChI=1S/C34H42N8O3/c1-4-25-6-5-7-26(39-25)21-42-32-27(20-38-42)31(35-22-36-32)40-14-16-41(17-15-40)33(43)23-8-11-34(12-9-23)28-19-30(45-3)29(44-2)18-24(28)10-13-37-34/h5-7,18-20,22-23,37H,4,8-17,21H2,1-3H3/t23-,34+. The molecule has 5 heterocycles. The van der Waals surface area contributed by atoms with Gasteiger partial charge < -0.3 is 24.6 Å². The lowest BCUT2D eigenvalue weighted by Gasteiger charge is -2.46. The van der Waals surface area contributed by atoms with Crippen molar-refractivity contribution in [1.82, 2.24) is 34.9 Å². The number of methoxy groups -OCH3 is 2. The minimum Gasteiger partial charge on any atom is -0.493 e. The molecule has 0 bridgehead atoms. The summed E-state index contributed by atoms with van der Waals surface area (Å²) in [7, 11) is 3.38. The van der Waals surface area contributed by atoms with Crippen molar-refractivity contribution in [3.8, 4) is 11.5 Å². The van der Waals surface area contributed by atoms with E-state index in [-0.39, 0.29) is 17.4 Å². The van der Waals surface area contributed by atoms with Crippen LogP contribution in [0, 0.1) is 5.92 Å². The average molecular weight is 611 g/mol. The zero-order valence-corrected chi connectivity index (χ0v) is 26.5. The predicted molar refractivity (Wildman–Crippen MR) is 172 cm³/mol. The lowest BCUT2D eigenvalue weighted by atomic mass is 9.69. The fourth-order valence-electron chi connectivity index (χ4n) is 7.52. The monoisotopic (exact) mass is 610 g/mol. The second kappa shape index (κ2) is 12.3. The average Bonchev–Trinajstić information content (AvgIpc) is 3.50. The van der Waals surface area contributed by atoms with Crippen molar-refractivity contribution in [3.05, 3.63) is 65.4 Å². The summed E-state index contributed by atoms with van der Waals surface area (Å²) in [6.07, 6.45) is 8.96. The third-order valence-corrected chi connectivity index (χ3v) is 10.0. The van der Waals surface area contributed by atoms with E-state index < -0.39 is 0 Å². The number of rotatable bonds is 7. The molecule has 2 aliphatic heterocycles. The van der Waals surface area contributed by atoms with Crippen LogP contribution in [0.4, 0.5) is 5.82 Å². The van der Waals surface area contributed by atoms with Crippen molar-refractivity contribution in [2.45, 2.75) is 57.5 Å². The first-order chi connectivity index (χ1) is 22.0. The van der Waals surface area contributed by atoms with Gasteiger partial charge >= 0.3 is 0 Å². The summed E-state index contributed by atoms with van der Waals surface area (Å²) < 4.78 is 13.1. The first-order valence-corrected chi connectivity index (χ1v) is 16.2.